The van der Waals surface area contributed by atoms with Crippen LogP contribution in [0.1, 0.15) is 51.0 Å². The first-order valence-electron chi connectivity index (χ1n) is 7.55. The van der Waals surface area contributed by atoms with Crippen molar-refractivity contribution in [2.75, 3.05) is 6.54 Å². The Hall–Kier alpha value is -1.68. The van der Waals surface area contributed by atoms with Gasteiger partial charge in [0, 0.05) is 0 Å². The number of rotatable bonds is 7. The monoisotopic (exact) mass is 272 g/mol. The topological polar surface area (TPSA) is 42.7 Å². The molecule has 2 aromatic rings. The van der Waals surface area contributed by atoms with E-state index in [9.17, 15) is 0 Å². The summed E-state index contributed by atoms with van der Waals surface area (Å²) in [6.07, 6.45) is 3.09. The van der Waals surface area contributed by atoms with E-state index in [2.05, 4.69) is 48.5 Å². The lowest BCUT2D eigenvalue weighted by Crippen LogP contribution is -2.23. The van der Waals surface area contributed by atoms with Gasteiger partial charge in [-0.2, -0.15) is 0 Å². The van der Waals surface area contributed by atoms with Crippen LogP contribution in [0.4, 0.5) is 0 Å². The molecule has 1 unspecified atom stereocenters. The van der Waals surface area contributed by atoms with Crippen LogP contribution in [0.2, 0.25) is 0 Å². The van der Waals surface area contributed by atoms with E-state index in [-0.39, 0.29) is 0 Å². The highest BCUT2D eigenvalue weighted by Crippen LogP contribution is 2.21. The second kappa shape index (κ2) is 7.20. The Morgan fingerprint density at radius 2 is 1.90 bits per heavy atom. The van der Waals surface area contributed by atoms with Gasteiger partial charge >= 0.3 is 0 Å². The standard InChI is InChI=1S/C16H24N4/c1-4-12-17-14(5-2)16-15(6-3)20(19-18-16)13-10-8-7-9-11-13/h7-11,14,17H,4-6,12H2,1-3H3. The highest BCUT2D eigenvalue weighted by Gasteiger charge is 2.19. The lowest BCUT2D eigenvalue weighted by Gasteiger charge is -2.15. The number of para-hydroxylation sites is 1. The molecular formula is C16H24N4. The summed E-state index contributed by atoms with van der Waals surface area (Å²) in [6.45, 7) is 7.55. The molecule has 0 aliphatic carbocycles. The van der Waals surface area contributed by atoms with E-state index in [4.69, 9.17) is 0 Å². The van der Waals surface area contributed by atoms with Crippen molar-refractivity contribution < 1.29 is 0 Å². The maximum Gasteiger partial charge on any atom is 0.103 e. The van der Waals surface area contributed by atoms with Crippen LogP contribution in [0.15, 0.2) is 30.3 Å². The van der Waals surface area contributed by atoms with Gasteiger partial charge in [-0.05, 0) is 37.9 Å². The van der Waals surface area contributed by atoms with E-state index in [1.807, 2.05) is 22.9 Å². The van der Waals surface area contributed by atoms with E-state index in [1.54, 1.807) is 0 Å². The first kappa shape index (κ1) is 14.7. The fraction of sp³-hybridized carbons (Fsp3) is 0.500. The number of hydrogen-bond acceptors (Lipinski definition) is 3. The summed E-state index contributed by atoms with van der Waals surface area (Å²) in [5.74, 6) is 0. The number of hydrogen-bond donors (Lipinski definition) is 1. The fourth-order valence-electron chi connectivity index (χ4n) is 2.44. The van der Waals surface area contributed by atoms with Gasteiger partial charge in [-0.15, -0.1) is 5.10 Å². The quantitative estimate of drug-likeness (QED) is 0.841. The molecule has 4 heteroatoms. The van der Waals surface area contributed by atoms with Crippen molar-refractivity contribution in [3.05, 3.63) is 41.7 Å². The SMILES string of the molecule is CCCNC(CC)c1nnn(-c2ccccc2)c1CC. The van der Waals surface area contributed by atoms with Crippen LogP contribution in [0.3, 0.4) is 0 Å². The largest absolute Gasteiger partial charge is 0.309 e. The molecule has 0 saturated carbocycles. The van der Waals surface area contributed by atoms with Crippen LogP contribution in [-0.4, -0.2) is 21.5 Å². The molecule has 0 saturated heterocycles. The van der Waals surface area contributed by atoms with E-state index >= 15 is 0 Å². The van der Waals surface area contributed by atoms with Gasteiger partial charge in [-0.1, -0.05) is 44.2 Å². The van der Waals surface area contributed by atoms with Crippen molar-refractivity contribution in [3.8, 4) is 5.69 Å². The smallest absolute Gasteiger partial charge is 0.103 e. The maximum atomic E-state index is 4.44. The lowest BCUT2D eigenvalue weighted by atomic mass is 10.1. The van der Waals surface area contributed by atoms with Gasteiger partial charge in [0.2, 0.25) is 0 Å². The predicted octanol–water partition coefficient (Wildman–Crippen LogP) is 3.28. The van der Waals surface area contributed by atoms with Crippen LogP contribution in [0.25, 0.3) is 5.69 Å². The van der Waals surface area contributed by atoms with Crippen LogP contribution in [0.5, 0.6) is 0 Å². The minimum atomic E-state index is 0.294. The van der Waals surface area contributed by atoms with E-state index < -0.39 is 0 Å². The van der Waals surface area contributed by atoms with Gasteiger partial charge in [-0.25, -0.2) is 4.68 Å². The number of aromatic nitrogens is 3. The Morgan fingerprint density at radius 1 is 1.15 bits per heavy atom. The molecule has 1 atom stereocenters. The highest BCUT2D eigenvalue weighted by molar-refractivity contribution is 5.33. The van der Waals surface area contributed by atoms with Crippen molar-refractivity contribution >= 4 is 0 Å². The molecule has 0 spiro atoms. The predicted molar refractivity (Wildman–Crippen MR) is 82.1 cm³/mol. The number of nitrogens with zero attached hydrogens (tertiary/aromatic N) is 3. The molecule has 1 aromatic heterocycles. The highest BCUT2D eigenvalue weighted by atomic mass is 15.4. The maximum absolute atomic E-state index is 4.44. The number of nitrogens with one attached hydrogen (secondary N) is 1. The zero-order valence-electron chi connectivity index (χ0n) is 12.6. The Labute approximate surface area is 121 Å². The third kappa shape index (κ3) is 3.07. The van der Waals surface area contributed by atoms with Crippen molar-refractivity contribution in [2.45, 2.75) is 46.1 Å². The molecule has 108 valence electrons. The summed E-state index contributed by atoms with van der Waals surface area (Å²) in [7, 11) is 0. The Balaban J connectivity index is 2.33. The molecule has 20 heavy (non-hydrogen) atoms. The lowest BCUT2D eigenvalue weighted by molar-refractivity contribution is 0.503. The molecule has 0 radical (unpaired) electrons. The molecule has 0 amide bonds. The molecule has 0 aliphatic heterocycles. The fourth-order valence-corrected chi connectivity index (χ4v) is 2.44. The Bertz CT molecular complexity index is 519. The summed E-state index contributed by atoms with van der Waals surface area (Å²) in [5.41, 5.74) is 3.37. The van der Waals surface area contributed by atoms with Crippen LogP contribution in [0, 0.1) is 0 Å². The minimum absolute atomic E-state index is 0.294. The number of benzene rings is 1. The first-order valence-corrected chi connectivity index (χ1v) is 7.55. The molecule has 1 aromatic carbocycles. The summed E-state index contributed by atoms with van der Waals surface area (Å²) in [4.78, 5) is 0. The molecular weight excluding hydrogens is 248 g/mol. The average molecular weight is 272 g/mol. The van der Waals surface area contributed by atoms with Gasteiger partial charge in [0.25, 0.3) is 0 Å². The summed E-state index contributed by atoms with van der Waals surface area (Å²) >= 11 is 0. The molecule has 0 aliphatic rings. The Morgan fingerprint density at radius 3 is 2.50 bits per heavy atom. The molecule has 0 fully saturated rings. The van der Waals surface area contributed by atoms with Crippen molar-refractivity contribution in [1.82, 2.24) is 20.3 Å². The second-order valence-corrected chi connectivity index (χ2v) is 4.94. The molecule has 1 heterocycles. The van der Waals surface area contributed by atoms with Crippen LogP contribution >= 0.6 is 0 Å². The zero-order chi connectivity index (χ0) is 14.4. The minimum Gasteiger partial charge on any atom is -0.309 e. The van der Waals surface area contributed by atoms with Gasteiger partial charge in [0.15, 0.2) is 0 Å². The summed E-state index contributed by atoms with van der Waals surface area (Å²) in [6, 6.07) is 10.5. The average Bonchev–Trinajstić information content (AvgIpc) is 2.93. The van der Waals surface area contributed by atoms with Gasteiger partial charge in [0.05, 0.1) is 17.4 Å². The third-order valence-electron chi connectivity index (χ3n) is 3.51. The first-order chi connectivity index (χ1) is 9.81. The third-order valence-corrected chi connectivity index (χ3v) is 3.51. The zero-order valence-corrected chi connectivity index (χ0v) is 12.6. The molecule has 1 N–H and O–H groups in total. The van der Waals surface area contributed by atoms with Gasteiger partial charge < -0.3 is 5.32 Å². The Kier molecular flexibility index (Phi) is 5.30. The van der Waals surface area contributed by atoms with Crippen molar-refractivity contribution in [3.63, 3.8) is 0 Å². The molecule has 4 nitrogen and oxygen atoms in total. The van der Waals surface area contributed by atoms with Gasteiger partial charge in [-0.3, -0.25) is 0 Å². The molecule has 2 rings (SSSR count). The van der Waals surface area contributed by atoms with Crippen molar-refractivity contribution in [2.24, 2.45) is 0 Å². The van der Waals surface area contributed by atoms with Crippen molar-refractivity contribution in [1.29, 1.82) is 0 Å². The second-order valence-electron chi connectivity index (χ2n) is 4.94. The summed E-state index contributed by atoms with van der Waals surface area (Å²) < 4.78 is 1.96. The van der Waals surface area contributed by atoms with E-state index in [0.717, 1.165) is 37.2 Å². The molecule has 0 bridgehead atoms. The van der Waals surface area contributed by atoms with Crippen LogP contribution in [-0.2, 0) is 6.42 Å². The van der Waals surface area contributed by atoms with Gasteiger partial charge in [0.1, 0.15) is 5.69 Å². The normalized spacial score (nSPS) is 12.6. The summed E-state index contributed by atoms with van der Waals surface area (Å²) in [5, 5.41) is 12.4. The van der Waals surface area contributed by atoms with E-state index in [0.29, 0.717) is 6.04 Å². The van der Waals surface area contributed by atoms with Crippen LogP contribution < -0.4 is 5.32 Å². The van der Waals surface area contributed by atoms with E-state index in [1.165, 1.54) is 5.69 Å².